The molecule has 0 spiro atoms. The van der Waals surface area contributed by atoms with Crippen molar-refractivity contribution in [3.63, 3.8) is 0 Å². The van der Waals surface area contributed by atoms with Gasteiger partial charge in [0.1, 0.15) is 0 Å². The van der Waals surface area contributed by atoms with Crippen LogP contribution in [0, 0.1) is 0 Å². The molecule has 2 aromatic carbocycles. The van der Waals surface area contributed by atoms with Gasteiger partial charge in [-0.1, -0.05) is 54.1 Å². The van der Waals surface area contributed by atoms with E-state index in [-0.39, 0.29) is 12.6 Å². The van der Waals surface area contributed by atoms with Gasteiger partial charge < -0.3 is 10.4 Å². The van der Waals surface area contributed by atoms with Crippen molar-refractivity contribution in [1.82, 2.24) is 5.32 Å². The first-order chi connectivity index (χ1) is 9.20. The van der Waals surface area contributed by atoms with Crippen LogP contribution >= 0.6 is 11.6 Å². The molecule has 0 aromatic heterocycles. The molecular formula is C16H18ClNO. The summed E-state index contributed by atoms with van der Waals surface area (Å²) in [6.45, 7) is 2.96. The molecule has 2 N–H and O–H groups in total. The van der Waals surface area contributed by atoms with E-state index in [2.05, 4.69) is 12.2 Å². The van der Waals surface area contributed by atoms with Crippen LogP contribution in [0.3, 0.4) is 0 Å². The molecule has 0 bridgehead atoms. The number of halogens is 1. The monoisotopic (exact) mass is 275 g/mol. The fourth-order valence-electron chi connectivity index (χ4n) is 1.97. The zero-order valence-electron chi connectivity index (χ0n) is 10.9. The third-order valence-corrected chi connectivity index (χ3v) is 3.53. The van der Waals surface area contributed by atoms with Crippen molar-refractivity contribution in [3.8, 4) is 0 Å². The highest BCUT2D eigenvalue weighted by Crippen LogP contribution is 2.22. The van der Waals surface area contributed by atoms with Gasteiger partial charge in [-0.05, 0) is 29.7 Å². The van der Waals surface area contributed by atoms with Crippen LogP contribution in [-0.2, 0) is 13.2 Å². The van der Waals surface area contributed by atoms with Crippen LogP contribution in [0.4, 0.5) is 0 Å². The van der Waals surface area contributed by atoms with E-state index in [1.165, 1.54) is 5.56 Å². The van der Waals surface area contributed by atoms with Gasteiger partial charge in [0.05, 0.1) is 6.61 Å². The van der Waals surface area contributed by atoms with Gasteiger partial charge in [0.25, 0.3) is 0 Å². The standard InChI is InChI=1S/C16H18ClNO/c1-12(15-4-2-3-5-16(15)17)18-10-13-6-8-14(11-19)9-7-13/h2-9,12,18-19H,10-11H2,1H3/t12-/m0/s1. The summed E-state index contributed by atoms with van der Waals surface area (Å²) >= 11 is 6.17. The molecule has 0 saturated carbocycles. The lowest BCUT2D eigenvalue weighted by Crippen LogP contribution is -2.18. The average Bonchev–Trinajstić information content (AvgIpc) is 2.46. The number of rotatable bonds is 5. The zero-order valence-corrected chi connectivity index (χ0v) is 11.7. The molecular weight excluding hydrogens is 258 g/mol. The molecule has 0 aliphatic heterocycles. The van der Waals surface area contributed by atoms with E-state index < -0.39 is 0 Å². The summed E-state index contributed by atoms with van der Waals surface area (Å²) in [6.07, 6.45) is 0. The Morgan fingerprint density at radius 3 is 2.32 bits per heavy atom. The van der Waals surface area contributed by atoms with Gasteiger partial charge in [-0.25, -0.2) is 0 Å². The molecule has 0 amide bonds. The topological polar surface area (TPSA) is 32.3 Å². The Bertz CT molecular complexity index is 525. The predicted octanol–water partition coefficient (Wildman–Crippen LogP) is 3.68. The fourth-order valence-corrected chi connectivity index (χ4v) is 2.27. The minimum Gasteiger partial charge on any atom is -0.392 e. The highest BCUT2D eigenvalue weighted by atomic mass is 35.5. The Morgan fingerprint density at radius 1 is 1.05 bits per heavy atom. The lowest BCUT2D eigenvalue weighted by Gasteiger charge is -2.15. The molecule has 0 radical (unpaired) electrons. The summed E-state index contributed by atoms with van der Waals surface area (Å²) in [4.78, 5) is 0. The number of hydrogen-bond donors (Lipinski definition) is 2. The Kier molecular flexibility index (Phi) is 4.97. The third-order valence-electron chi connectivity index (χ3n) is 3.19. The van der Waals surface area contributed by atoms with Crippen molar-refractivity contribution in [2.75, 3.05) is 0 Å². The van der Waals surface area contributed by atoms with Crippen molar-refractivity contribution < 1.29 is 5.11 Å². The minimum atomic E-state index is 0.0870. The first-order valence-corrected chi connectivity index (χ1v) is 6.75. The second kappa shape index (κ2) is 6.71. The fraction of sp³-hybridized carbons (Fsp3) is 0.250. The van der Waals surface area contributed by atoms with Gasteiger partial charge in [-0.3, -0.25) is 0 Å². The maximum absolute atomic E-state index is 9.00. The second-order valence-corrected chi connectivity index (χ2v) is 5.01. The number of benzene rings is 2. The Morgan fingerprint density at radius 2 is 1.68 bits per heavy atom. The average molecular weight is 276 g/mol. The molecule has 0 aliphatic carbocycles. The minimum absolute atomic E-state index is 0.0870. The maximum Gasteiger partial charge on any atom is 0.0681 e. The van der Waals surface area contributed by atoms with Gasteiger partial charge in [0, 0.05) is 17.6 Å². The third kappa shape index (κ3) is 3.80. The van der Waals surface area contributed by atoms with Crippen molar-refractivity contribution in [2.45, 2.75) is 26.1 Å². The first-order valence-electron chi connectivity index (χ1n) is 6.37. The number of hydrogen-bond acceptors (Lipinski definition) is 2. The van der Waals surface area contributed by atoms with Crippen molar-refractivity contribution in [3.05, 3.63) is 70.2 Å². The summed E-state index contributed by atoms with van der Waals surface area (Å²) in [5.74, 6) is 0. The number of nitrogens with one attached hydrogen (secondary N) is 1. The van der Waals surface area contributed by atoms with Gasteiger partial charge in [0.15, 0.2) is 0 Å². The lowest BCUT2D eigenvalue weighted by molar-refractivity contribution is 0.282. The normalized spacial score (nSPS) is 12.4. The summed E-state index contributed by atoms with van der Waals surface area (Å²) in [6, 6.07) is 16.0. The van der Waals surface area contributed by atoms with E-state index in [0.717, 1.165) is 22.7 Å². The molecule has 0 fully saturated rings. The van der Waals surface area contributed by atoms with Crippen molar-refractivity contribution in [1.29, 1.82) is 0 Å². The smallest absolute Gasteiger partial charge is 0.0681 e. The molecule has 1 atom stereocenters. The van der Waals surface area contributed by atoms with Crippen LogP contribution in [0.15, 0.2) is 48.5 Å². The molecule has 0 heterocycles. The van der Waals surface area contributed by atoms with E-state index in [0.29, 0.717) is 0 Å². The van der Waals surface area contributed by atoms with Crippen LogP contribution < -0.4 is 5.32 Å². The van der Waals surface area contributed by atoms with E-state index >= 15 is 0 Å². The first kappa shape index (κ1) is 14.1. The largest absolute Gasteiger partial charge is 0.392 e. The molecule has 0 saturated heterocycles. The molecule has 19 heavy (non-hydrogen) atoms. The van der Waals surface area contributed by atoms with Crippen LogP contribution in [0.25, 0.3) is 0 Å². The Hall–Kier alpha value is -1.35. The van der Waals surface area contributed by atoms with Crippen LogP contribution in [0.1, 0.15) is 29.7 Å². The van der Waals surface area contributed by atoms with Crippen LogP contribution in [0.2, 0.25) is 5.02 Å². The molecule has 0 aliphatic rings. The van der Waals surface area contributed by atoms with E-state index in [1.54, 1.807) is 0 Å². The summed E-state index contributed by atoms with van der Waals surface area (Å²) < 4.78 is 0. The summed E-state index contributed by atoms with van der Waals surface area (Å²) in [5, 5.41) is 13.2. The van der Waals surface area contributed by atoms with Crippen LogP contribution in [0.5, 0.6) is 0 Å². The SMILES string of the molecule is C[C@H](NCc1ccc(CO)cc1)c1ccccc1Cl. The molecule has 2 nitrogen and oxygen atoms in total. The van der Waals surface area contributed by atoms with Gasteiger partial charge in [0.2, 0.25) is 0 Å². The number of aliphatic hydroxyl groups excluding tert-OH is 1. The quantitative estimate of drug-likeness (QED) is 0.872. The molecule has 0 unspecified atom stereocenters. The van der Waals surface area contributed by atoms with Crippen molar-refractivity contribution >= 4 is 11.6 Å². The Balaban J connectivity index is 1.96. The summed E-state index contributed by atoms with van der Waals surface area (Å²) in [7, 11) is 0. The second-order valence-electron chi connectivity index (χ2n) is 4.60. The van der Waals surface area contributed by atoms with Gasteiger partial charge >= 0.3 is 0 Å². The van der Waals surface area contributed by atoms with Gasteiger partial charge in [-0.15, -0.1) is 0 Å². The van der Waals surface area contributed by atoms with E-state index in [9.17, 15) is 0 Å². The van der Waals surface area contributed by atoms with E-state index in [1.807, 2.05) is 48.5 Å². The highest BCUT2D eigenvalue weighted by molar-refractivity contribution is 6.31. The van der Waals surface area contributed by atoms with Crippen LogP contribution in [-0.4, -0.2) is 5.11 Å². The zero-order chi connectivity index (χ0) is 13.7. The lowest BCUT2D eigenvalue weighted by atomic mass is 10.1. The molecule has 2 aromatic rings. The molecule has 2 rings (SSSR count). The van der Waals surface area contributed by atoms with E-state index in [4.69, 9.17) is 16.7 Å². The molecule has 100 valence electrons. The number of aliphatic hydroxyl groups is 1. The summed E-state index contributed by atoms with van der Waals surface area (Å²) in [5.41, 5.74) is 3.23. The predicted molar refractivity (Wildman–Crippen MR) is 79.1 cm³/mol. The van der Waals surface area contributed by atoms with Crippen molar-refractivity contribution in [2.24, 2.45) is 0 Å². The molecule has 3 heteroatoms. The van der Waals surface area contributed by atoms with Gasteiger partial charge in [-0.2, -0.15) is 0 Å². The highest BCUT2D eigenvalue weighted by Gasteiger charge is 2.08. The Labute approximate surface area is 119 Å². The maximum atomic E-state index is 9.00.